The molecule has 1 rings (SSSR count). The minimum Gasteiger partial charge on any atom is -0.207 e. The van der Waals surface area contributed by atoms with Gasteiger partial charge in [-0.05, 0) is 37.1 Å². The lowest BCUT2D eigenvalue weighted by molar-refractivity contribution is 0.560. The van der Waals surface area contributed by atoms with Gasteiger partial charge in [0, 0.05) is 11.3 Å². The van der Waals surface area contributed by atoms with Crippen molar-refractivity contribution in [2.24, 2.45) is 0 Å². The van der Waals surface area contributed by atoms with Crippen LogP contribution >= 0.6 is 11.6 Å². The number of rotatable bonds is 2. The van der Waals surface area contributed by atoms with Crippen molar-refractivity contribution in [1.29, 1.82) is 0 Å². The van der Waals surface area contributed by atoms with E-state index >= 15 is 0 Å². The molecule has 1 aromatic carbocycles. The molecule has 2 unspecified atom stereocenters. The maximum atomic E-state index is 13.4. The Balaban J connectivity index is 3.15. The molecular formula is C11H13ClF2. The average molecular weight is 219 g/mol. The van der Waals surface area contributed by atoms with Gasteiger partial charge in [0.25, 0.3) is 0 Å². The number of aryl methyl sites for hydroxylation is 1. The zero-order valence-corrected chi connectivity index (χ0v) is 9.20. The van der Waals surface area contributed by atoms with E-state index in [1.165, 1.54) is 19.1 Å². The Hall–Kier alpha value is -0.630. The molecule has 0 radical (unpaired) electrons. The number of halogens is 3. The van der Waals surface area contributed by atoms with Gasteiger partial charge in [-0.25, -0.2) is 8.78 Å². The third-order valence-electron chi connectivity index (χ3n) is 2.46. The van der Waals surface area contributed by atoms with Crippen molar-refractivity contribution < 1.29 is 8.78 Å². The fourth-order valence-corrected chi connectivity index (χ4v) is 1.39. The van der Waals surface area contributed by atoms with E-state index in [1.807, 2.05) is 0 Å². The first-order valence-electron chi connectivity index (χ1n) is 4.53. The maximum Gasteiger partial charge on any atom is 0.127 e. The lowest BCUT2D eigenvalue weighted by Crippen LogP contribution is -2.08. The van der Waals surface area contributed by atoms with Crippen LogP contribution < -0.4 is 0 Å². The van der Waals surface area contributed by atoms with Crippen molar-refractivity contribution in [2.75, 3.05) is 0 Å². The van der Waals surface area contributed by atoms with E-state index in [4.69, 9.17) is 11.6 Å². The summed E-state index contributed by atoms with van der Waals surface area (Å²) in [5.74, 6) is -0.957. The fourth-order valence-electron chi connectivity index (χ4n) is 1.26. The highest BCUT2D eigenvalue weighted by Crippen LogP contribution is 2.27. The van der Waals surface area contributed by atoms with Crippen molar-refractivity contribution >= 4 is 11.6 Å². The van der Waals surface area contributed by atoms with E-state index in [0.717, 1.165) is 0 Å². The highest BCUT2D eigenvalue weighted by molar-refractivity contribution is 6.20. The summed E-state index contributed by atoms with van der Waals surface area (Å²) in [7, 11) is 0. The zero-order chi connectivity index (χ0) is 10.9. The summed E-state index contributed by atoms with van der Waals surface area (Å²) < 4.78 is 26.6. The first-order valence-corrected chi connectivity index (χ1v) is 4.96. The van der Waals surface area contributed by atoms with E-state index in [1.54, 1.807) is 13.8 Å². The van der Waals surface area contributed by atoms with Crippen LogP contribution in [-0.4, -0.2) is 5.38 Å². The SMILES string of the molecule is Cc1cc(F)c(C(C)C(C)Cl)cc1F. The van der Waals surface area contributed by atoms with E-state index in [9.17, 15) is 8.78 Å². The molecule has 3 heteroatoms. The molecule has 14 heavy (non-hydrogen) atoms. The van der Waals surface area contributed by atoms with Gasteiger partial charge in [-0.1, -0.05) is 6.92 Å². The van der Waals surface area contributed by atoms with Crippen LogP contribution in [0.2, 0.25) is 0 Å². The van der Waals surface area contributed by atoms with Crippen LogP contribution in [0.1, 0.15) is 30.9 Å². The minimum absolute atomic E-state index is 0.188. The van der Waals surface area contributed by atoms with Crippen LogP contribution in [0.15, 0.2) is 12.1 Å². The molecule has 0 saturated carbocycles. The van der Waals surface area contributed by atoms with Gasteiger partial charge in [0.2, 0.25) is 0 Å². The summed E-state index contributed by atoms with van der Waals surface area (Å²) in [6.07, 6.45) is 0. The molecule has 0 aliphatic rings. The summed E-state index contributed by atoms with van der Waals surface area (Å²) >= 11 is 5.84. The molecule has 78 valence electrons. The van der Waals surface area contributed by atoms with E-state index in [-0.39, 0.29) is 22.9 Å². The van der Waals surface area contributed by atoms with Gasteiger partial charge < -0.3 is 0 Å². The van der Waals surface area contributed by atoms with Crippen molar-refractivity contribution in [3.8, 4) is 0 Å². The summed E-state index contributed by atoms with van der Waals surface area (Å²) in [4.78, 5) is 0. The van der Waals surface area contributed by atoms with E-state index < -0.39 is 0 Å². The monoisotopic (exact) mass is 218 g/mol. The third-order valence-corrected chi connectivity index (χ3v) is 2.84. The molecule has 0 aliphatic carbocycles. The van der Waals surface area contributed by atoms with Gasteiger partial charge in [0.15, 0.2) is 0 Å². The van der Waals surface area contributed by atoms with Crippen LogP contribution in [0, 0.1) is 18.6 Å². The number of hydrogen-bond donors (Lipinski definition) is 0. The predicted octanol–water partition coefficient (Wildman–Crippen LogP) is 4.00. The molecule has 0 fully saturated rings. The van der Waals surface area contributed by atoms with Gasteiger partial charge in [0.1, 0.15) is 11.6 Å². The van der Waals surface area contributed by atoms with Crippen LogP contribution in [-0.2, 0) is 0 Å². The normalized spacial score (nSPS) is 15.3. The first-order chi connectivity index (χ1) is 6.43. The molecule has 0 N–H and O–H groups in total. The quantitative estimate of drug-likeness (QED) is 0.658. The second-order valence-electron chi connectivity index (χ2n) is 3.59. The predicted molar refractivity (Wildman–Crippen MR) is 54.8 cm³/mol. The Morgan fingerprint density at radius 2 is 1.71 bits per heavy atom. The van der Waals surface area contributed by atoms with E-state index in [2.05, 4.69) is 0 Å². The molecule has 0 bridgehead atoms. The van der Waals surface area contributed by atoms with E-state index in [0.29, 0.717) is 11.1 Å². The first kappa shape index (κ1) is 11.4. The third kappa shape index (κ3) is 2.24. The molecule has 0 spiro atoms. The largest absolute Gasteiger partial charge is 0.207 e. The second-order valence-corrected chi connectivity index (χ2v) is 4.28. The smallest absolute Gasteiger partial charge is 0.127 e. The zero-order valence-electron chi connectivity index (χ0n) is 8.44. The fraction of sp³-hybridized carbons (Fsp3) is 0.455. The molecule has 2 atom stereocenters. The Morgan fingerprint density at radius 1 is 1.14 bits per heavy atom. The van der Waals surface area contributed by atoms with Crippen molar-refractivity contribution in [3.63, 3.8) is 0 Å². The Labute approximate surface area is 87.9 Å². The topological polar surface area (TPSA) is 0 Å². The highest BCUT2D eigenvalue weighted by Gasteiger charge is 2.17. The van der Waals surface area contributed by atoms with Crippen LogP contribution in [0.4, 0.5) is 8.78 Å². The Morgan fingerprint density at radius 3 is 2.21 bits per heavy atom. The summed E-state index contributed by atoms with van der Waals surface area (Å²) in [5.41, 5.74) is 0.663. The lowest BCUT2D eigenvalue weighted by atomic mass is 9.96. The van der Waals surface area contributed by atoms with Crippen molar-refractivity contribution in [3.05, 3.63) is 34.9 Å². The van der Waals surface area contributed by atoms with Crippen molar-refractivity contribution in [2.45, 2.75) is 32.1 Å². The van der Waals surface area contributed by atoms with Crippen LogP contribution in [0.3, 0.4) is 0 Å². The van der Waals surface area contributed by atoms with Crippen LogP contribution in [0.5, 0.6) is 0 Å². The Bertz CT molecular complexity index is 334. The van der Waals surface area contributed by atoms with Crippen LogP contribution in [0.25, 0.3) is 0 Å². The molecule has 0 aliphatic heterocycles. The molecular weight excluding hydrogens is 206 g/mol. The number of hydrogen-bond acceptors (Lipinski definition) is 0. The molecule has 0 saturated heterocycles. The number of benzene rings is 1. The summed E-state index contributed by atoms with van der Waals surface area (Å²) in [5, 5.41) is -0.216. The van der Waals surface area contributed by atoms with Gasteiger partial charge in [-0.2, -0.15) is 0 Å². The second kappa shape index (κ2) is 4.26. The summed E-state index contributed by atoms with van der Waals surface area (Å²) in [6.45, 7) is 5.09. The van der Waals surface area contributed by atoms with Crippen molar-refractivity contribution in [1.82, 2.24) is 0 Å². The Kier molecular flexibility index (Phi) is 3.48. The molecule has 0 amide bonds. The lowest BCUT2D eigenvalue weighted by Gasteiger charge is -2.15. The molecule has 0 aromatic heterocycles. The molecule has 1 aromatic rings. The maximum absolute atomic E-state index is 13.4. The highest BCUT2D eigenvalue weighted by atomic mass is 35.5. The van der Waals surface area contributed by atoms with Gasteiger partial charge in [-0.15, -0.1) is 11.6 Å². The van der Waals surface area contributed by atoms with Gasteiger partial charge >= 0.3 is 0 Å². The minimum atomic E-state index is -0.385. The van der Waals surface area contributed by atoms with Gasteiger partial charge in [-0.3, -0.25) is 0 Å². The van der Waals surface area contributed by atoms with Gasteiger partial charge in [0.05, 0.1) is 0 Å². The number of alkyl halides is 1. The average Bonchev–Trinajstić information content (AvgIpc) is 2.10. The standard InChI is InChI=1S/C11H13ClF2/c1-6-4-11(14)9(5-10(6)13)7(2)8(3)12/h4-5,7-8H,1-3H3. The summed E-state index contributed by atoms with van der Waals surface area (Å²) in [6, 6.07) is 2.44. The molecule has 0 nitrogen and oxygen atoms in total. The molecule has 0 heterocycles.